The molecule has 3 aliphatic rings. The van der Waals surface area contributed by atoms with E-state index in [0.29, 0.717) is 0 Å². The van der Waals surface area contributed by atoms with Crippen LogP contribution in [0.4, 0.5) is 0 Å². The normalized spacial score (nSPS) is 38.3. The van der Waals surface area contributed by atoms with Crippen LogP contribution in [0.1, 0.15) is 31.7 Å². The zero-order valence-corrected chi connectivity index (χ0v) is 11.6. The van der Waals surface area contributed by atoms with Gasteiger partial charge >= 0.3 is 0 Å². The monoisotopic (exact) mass is 257 g/mol. The lowest BCUT2D eigenvalue weighted by Gasteiger charge is -2.13. The lowest BCUT2D eigenvalue weighted by atomic mass is 10.0. The second-order valence-electron chi connectivity index (χ2n) is 6.44. The second-order valence-corrected chi connectivity index (χ2v) is 6.44. The molecule has 0 aliphatic heterocycles. The molecule has 102 valence electrons. The Balaban J connectivity index is 1.39. The summed E-state index contributed by atoms with van der Waals surface area (Å²) in [5.41, 5.74) is 1.31. The number of benzene rings is 1. The number of para-hydroxylation sites is 1. The summed E-state index contributed by atoms with van der Waals surface area (Å²) in [6.07, 6.45) is 4.53. The molecule has 0 spiro atoms. The van der Waals surface area contributed by atoms with E-state index in [1.54, 1.807) is 0 Å². The van der Waals surface area contributed by atoms with E-state index in [2.05, 4.69) is 29.6 Å². The minimum absolute atomic E-state index is 0.746. The highest BCUT2D eigenvalue weighted by Crippen LogP contribution is 2.65. The smallest absolute Gasteiger partial charge is 0.123 e. The Morgan fingerprint density at radius 2 is 1.89 bits per heavy atom. The van der Waals surface area contributed by atoms with Gasteiger partial charge in [0.2, 0.25) is 0 Å². The molecular formula is C17H23NO. The van der Waals surface area contributed by atoms with Crippen molar-refractivity contribution in [1.82, 2.24) is 5.32 Å². The molecule has 2 bridgehead atoms. The minimum Gasteiger partial charge on any atom is -0.494 e. The Labute approximate surface area is 115 Å². The summed E-state index contributed by atoms with van der Waals surface area (Å²) in [7, 11) is 0. The summed E-state index contributed by atoms with van der Waals surface area (Å²) in [4.78, 5) is 0. The molecule has 0 amide bonds. The van der Waals surface area contributed by atoms with E-state index in [0.717, 1.165) is 48.6 Å². The summed E-state index contributed by atoms with van der Waals surface area (Å²) in [5, 5.41) is 3.79. The number of fused-ring (bicyclic) bond motifs is 5. The fourth-order valence-corrected chi connectivity index (χ4v) is 4.77. The maximum absolute atomic E-state index is 5.70. The van der Waals surface area contributed by atoms with Crippen molar-refractivity contribution in [2.45, 2.75) is 38.8 Å². The summed E-state index contributed by atoms with van der Waals surface area (Å²) in [6, 6.07) is 9.24. The SMILES string of the molecule is CCOc1ccccc1CNC1C2C3CCC(C3)C12. The minimum atomic E-state index is 0.746. The molecule has 4 rings (SSSR count). The first-order valence-electron chi connectivity index (χ1n) is 7.82. The fraction of sp³-hybridized carbons (Fsp3) is 0.647. The summed E-state index contributed by atoms with van der Waals surface area (Å²) >= 11 is 0. The van der Waals surface area contributed by atoms with Crippen molar-refractivity contribution < 1.29 is 4.74 Å². The molecule has 1 aromatic carbocycles. The molecule has 19 heavy (non-hydrogen) atoms. The van der Waals surface area contributed by atoms with Crippen LogP contribution in [0.3, 0.4) is 0 Å². The zero-order valence-electron chi connectivity index (χ0n) is 11.6. The van der Waals surface area contributed by atoms with Gasteiger partial charge in [0, 0.05) is 18.2 Å². The second kappa shape index (κ2) is 4.52. The van der Waals surface area contributed by atoms with Gasteiger partial charge in [0.05, 0.1) is 6.61 Å². The van der Waals surface area contributed by atoms with Crippen LogP contribution in [-0.4, -0.2) is 12.6 Å². The molecule has 1 aromatic rings. The zero-order chi connectivity index (χ0) is 12.8. The van der Waals surface area contributed by atoms with Crippen LogP contribution < -0.4 is 10.1 Å². The third kappa shape index (κ3) is 1.88. The van der Waals surface area contributed by atoms with Gasteiger partial charge in [0.1, 0.15) is 5.75 Å². The van der Waals surface area contributed by atoms with Crippen molar-refractivity contribution in [3.05, 3.63) is 29.8 Å². The molecule has 0 saturated heterocycles. The van der Waals surface area contributed by atoms with Crippen LogP contribution in [0.15, 0.2) is 24.3 Å². The average Bonchev–Trinajstić information content (AvgIpc) is 2.81. The molecular weight excluding hydrogens is 234 g/mol. The molecule has 3 aliphatic carbocycles. The highest BCUT2D eigenvalue weighted by molar-refractivity contribution is 5.33. The van der Waals surface area contributed by atoms with Gasteiger partial charge < -0.3 is 10.1 Å². The summed E-state index contributed by atoms with van der Waals surface area (Å²) in [5.74, 6) is 5.17. The molecule has 2 heteroatoms. The number of rotatable bonds is 5. The molecule has 4 atom stereocenters. The van der Waals surface area contributed by atoms with E-state index in [-0.39, 0.29) is 0 Å². The molecule has 4 unspecified atom stereocenters. The van der Waals surface area contributed by atoms with Crippen molar-refractivity contribution >= 4 is 0 Å². The van der Waals surface area contributed by atoms with Gasteiger partial charge in [0.25, 0.3) is 0 Å². The van der Waals surface area contributed by atoms with E-state index < -0.39 is 0 Å². The van der Waals surface area contributed by atoms with Gasteiger partial charge in [0.15, 0.2) is 0 Å². The predicted octanol–water partition coefficient (Wildman–Crippen LogP) is 3.22. The third-order valence-electron chi connectivity index (χ3n) is 5.54. The quantitative estimate of drug-likeness (QED) is 0.874. The average molecular weight is 257 g/mol. The largest absolute Gasteiger partial charge is 0.494 e. The van der Waals surface area contributed by atoms with E-state index in [1.807, 2.05) is 6.92 Å². The first-order chi connectivity index (χ1) is 9.38. The number of hydrogen-bond acceptors (Lipinski definition) is 2. The van der Waals surface area contributed by atoms with Crippen LogP contribution in [-0.2, 0) is 6.54 Å². The Morgan fingerprint density at radius 1 is 1.16 bits per heavy atom. The van der Waals surface area contributed by atoms with Gasteiger partial charge in [-0.05, 0) is 55.9 Å². The Morgan fingerprint density at radius 3 is 2.63 bits per heavy atom. The first-order valence-corrected chi connectivity index (χ1v) is 7.82. The summed E-state index contributed by atoms with van der Waals surface area (Å²) in [6.45, 7) is 3.76. The topological polar surface area (TPSA) is 21.3 Å². The Hall–Kier alpha value is -1.02. The Bertz CT molecular complexity index is 456. The lowest BCUT2D eigenvalue weighted by Crippen LogP contribution is -2.22. The highest BCUT2D eigenvalue weighted by atomic mass is 16.5. The van der Waals surface area contributed by atoms with Crippen LogP contribution in [0, 0.1) is 23.7 Å². The third-order valence-corrected chi connectivity index (χ3v) is 5.54. The van der Waals surface area contributed by atoms with Crippen molar-refractivity contribution in [3.8, 4) is 5.75 Å². The highest BCUT2D eigenvalue weighted by Gasteiger charge is 2.64. The van der Waals surface area contributed by atoms with Crippen LogP contribution in [0.2, 0.25) is 0 Å². The van der Waals surface area contributed by atoms with E-state index in [4.69, 9.17) is 4.74 Å². The van der Waals surface area contributed by atoms with E-state index in [9.17, 15) is 0 Å². The van der Waals surface area contributed by atoms with Gasteiger partial charge in [-0.1, -0.05) is 18.2 Å². The standard InChI is InChI=1S/C17H23NO/c1-2-19-14-6-4-3-5-13(14)10-18-17-15-11-7-8-12(9-11)16(15)17/h3-6,11-12,15-18H,2,7-10H2,1H3. The van der Waals surface area contributed by atoms with Gasteiger partial charge in [-0.25, -0.2) is 0 Å². The van der Waals surface area contributed by atoms with Crippen molar-refractivity contribution in [3.63, 3.8) is 0 Å². The fourth-order valence-electron chi connectivity index (χ4n) is 4.77. The number of nitrogens with one attached hydrogen (secondary N) is 1. The molecule has 0 aromatic heterocycles. The molecule has 2 nitrogen and oxygen atoms in total. The maximum Gasteiger partial charge on any atom is 0.123 e. The molecule has 0 radical (unpaired) electrons. The van der Waals surface area contributed by atoms with Gasteiger partial charge in [-0.15, -0.1) is 0 Å². The van der Waals surface area contributed by atoms with Crippen LogP contribution in [0.25, 0.3) is 0 Å². The van der Waals surface area contributed by atoms with E-state index >= 15 is 0 Å². The maximum atomic E-state index is 5.70. The van der Waals surface area contributed by atoms with E-state index in [1.165, 1.54) is 24.8 Å². The van der Waals surface area contributed by atoms with Crippen LogP contribution >= 0.6 is 0 Å². The molecule has 1 N–H and O–H groups in total. The van der Waals surface area contributed by atoms with Crippen molar-refractivity contribution in [2.75, 3.05) is 6.61 Å². The number of hydrogen-bond donors (Lipinski definition) is 1. The number of ether oxygens (including phenoxy) is 1. The predicted molar refractivity (Wildman–Crippen MR) is 76.0 cm³/mol. The lowest BCUT2D eigenvalue weighted by molar-refractivity contribution is 0.334. The van der Waals surface area contributed by atoms with Crippen molar-refractivity contribution in [2.24, 2.45) is 23.7 Å². The molecule has 3 fully saturated rings. The van der Waals surface area contributed by atoms with Gasteiger partial charge in [-0.3, -0.25) is 0 Å². The molecule has 0 heterocycles. The first kappa shape index (κ1) is 11.8. The Kier molecular flexibility index (Phi) is 2.80. The molecule has 3 saturated carbocycles. The summed E-state index contributed by atoms with van der Waals surface area (Å²) < 4.78 is 5.70. The van der Waals surface area contributed by atoms with Crippen LogP contribution in [0.5, 0.6) is 5.75 Å². The van der Waals surface area contributed by atoms with Crippen molar-refractivity contribution in [1.29, 1.82) is 0 Å². The van der Waals surface area contributed by atoms with Gasteiger partial charge in [-0.2, -0.15) is 0 Å².